The lowest BCUT2D eigenvalue weighted by molar-refractivity contribution is 0.326. The van der Waals surface area contributed by atoms with Crippen LogP contribution in [0.15, 0.2) is 0 Å². The molecule has 0 aliphatic heterocycles. The van der Waals surface area contributed by atoms with Gasteiger partial charge in [0, 0.05) is 18.6 Å². The van der Waals surface area contributed by atoms with Crippen molar-refractivity contribution in [3.63, 3.8) is 0 Å². The summed E-state index contributed by atoms with van der Waals surface area (Å²) < 4.78 is 0. The van der Waals surface area contributed by atoms with Gasteiger partial charge in [0.05, 0.1) is 0 Å². The van der Waals surface area contributed by atoms with E-state index in [1.54, 1.807) is 0 Å². The summed E-state index contributed by atoms with van der Waals surface area (Å²) in [4.78, 5) is 2.23. The lowest BCUT2D eigenvalue weighted by Gasteiger charge is -2.22. The largest absolute Gasteiger partial charge is 0.311 e. The second-order valence-corrected chi connectivity index (χ2v) is 4.37. The third-order valence-corrected chi connectivity index (χ3v) is 2.20. The van der Waals surface area contributed by atoms with E-state index in [4.69, 9.17) is 0 Å². The predicted molar refractivity (Wildman–Crippen MR) is 60.1 cm³/mol. The molecule has 0 aromatic heterocycles. The van der Waals surface area contributed by atoms with Crippen LogP contribution in [0.25, 0.3) is 0 Å². The maximum Gasteiger partial charge on any atom is 0.0168 e. The predicted octanol–water partition coefficient (Wildman–Crippen LogP) is 2.10. The fraction of sp³-hybridized carbons (Fsp3) is 1.00. The van der Waals surface area contributed by atoms with E-state index in [1.807, 2.05) is 0 Å². The summed E-state index contributed by atoms with van der Waals surface area (Å²) in [5, 5.41) is 3.60. The van der Waals surface area contributed by atoms with Crippen molar-refractivity contribution in [3.05, 3.63) is 0 Å². The van der Waals surface area contributed by atoms with Crippen LogP contribution in [0.1, 0.15) is 40.0 Å². The van der Waals surface area contributed by atoms with E-state index in [9.17, 15) is 0 Å². The van der Waals surface area contributed by atoms with Gasteiger partial charge in [-0.1, -0.05) is 19.8 Å². The van der Waals surface area contributed by atoms with Gasteiger partial charge in [0.15, 0.2) is 0 Å². The first-order chi connectivity index (χ1) is 6.06. The van der Waals surface area contributed by atoms with Gasteiger partial charge in [-0.05, 0) is 34.4 Å². The number of nitrogens with zero attached hydrogens (tertiary/aromatic N) is 1. The van der Waals surface area contributed by atoms with Gasteiger partial charge in [0.1, 0.15) is 0 Å². The SMILES string of the molecule is CCCCC(C)NC(C)CN(C)C. The third-order valence-electron chi connectivity index (χ3n) is 2.20. The molecule has 0 amide bonds. The molecule has 0 aromatic carbocycles. The number of rotatable bonds is 7. The molecule has 0 saturated carbocycles. The lowest BCUT2D eigenvalue weighted by atomic mass is 10.1. The van der Waals surface area contributed by atoms with Gasteiger partial charge in [-0.2, -0.15) is 0 Å². The fourth-order valence-electron chi connectivity index (χ4n) is 1.68. The van der Waals surface area contributed by atoms with Crippen molar-refractivity contribution in [1.82, 2.24) is 10.2 Å². The van der Waals surface area contributed by atoms with E-state index in [0.717, 1.165) is 6.54 Å². The van der Waals surface area contributed by atoms with Gasteiger partial charge < -0.3 is 10.2 Å². The van der Waals surface area contributed by atoms with Gasteiger partial charge in [-0.3, -0.25) is 0 Å². The van der Waals surface area contributed by atoms with Gasteiger partial charge in [0.25, 0.3) is 0 Å². The molecule has 0 fully saturated rings. The zero-order valence-corrected chi connectivity index (χ0v) is 9.93. The van der Waals surface area contributed by atoms with Gasteiger partial charge in [-0.15, -0.1) is 0 Å². The topological polar surface area (TPSA) is 15.3 Å². The summed E-state index contributed by atoms with van der Waals surface area (Å²) in [7, 11) is 4.24. The van der Waals surface area contributed by atoms with Crippen molar-refractivity contribution in [2.24, 2.45) is 0 Å². The van der Waals surface area contributed by atoms with E-state index >= 15 is 0 Å². The molecule has 80 valence electrons. The quantitative estimate of drug-likeness (QED) is 0.655. The molecular weight excluding hydrogens is 160 g/mol. The first-order valence-electron chi connectivity index (χ1n) is 5.47. The van der Waals surface area contributed by atoms with Crippen molar-refractivity contribution >= 4 is 0 Å². The summed E-state index contributed by atoms with van der Waals surface area (Å²) in [5.74, 6) is 0. The molecule has 0 spiro atoms. The standard InChI is InChI=1S/C11H26N2/c1-6-7-8-10(2)12-11(3)9-13(4)5/h10-12H,6-9H2,1-5H3. The van der Waals surface area contributed by atoms with Crippen LogP contribution in [0.2, 0.25) is 0 Å². The van der Waals surface area contributed by atoms with E-state index in [2.05, 4.69) is 45.1 Å². The summed E-state index contributed by atoms with van der Waals surface area (Å²) >= 11 is 0. The molecule has 0 aliphatic rings. The highest BCUT2D eigenvalue weighted by Gasteiger charge is 2.06. The molecule has 0 heterocycles. The Kier molecular flexibility index (Phi) is 7.29. The van der Waals surface area contributed by atoms with Crippen LogP contribution in [-0.2, 0) is 0 Å². The average molecular weight is 186 g/mol. The Bertz CT molecular complexity index is 113. The minimum atomic E-state index is 0.599. The number of hydrogen-bond acceptors (Lipinski definition) is 2. The molecule has 2 unspecified atom stereocenters. The Hall–Kier alpha value is -0.0800. The minimum Gasteiger partial charge on any atom is -0.311 e. The molecule has 1 N–H and O–H groups in total. The molecule has 0 aliphatic carbocycles. The fourth-order valence-corrected chi connectivity index (χ4v) is 1.68. The van der Waals surface area contributed by atoms with Gasteiger partial charge >= 0.3 is 0 Å². The highest BCUT2D eigenvalue weighted by atomic mass is 15.1. The van der Waals surface area contributed by atoms with Crippen molar-refractivity contribution in [3.8, 4) is 0 Å². The zero-order valence-electron chi connectivity index (χ0n) is 9.93. The van der Waals surface area contributed by atoms with Crippen molar-refractivity contribution in [1.29, 1.82) is 0 Å². The van der Waals surface area contributed by atoms with Gasteiger partial charge in [0.2, 0.25) is 0 Å². The normalized spacial score (nSPS) is 16.2. The van der Waals surface area contributed by atoms with Crippen LogP contribution in [0.3, 0.4) is 0 Å². The van der Waals surface area contributed by atoms with Crippen LogP contribution in [0.5, 0.6) is 0 Å². The van der Waals surface area contributed by atoms with E-state index in [-0.39, 0.29) is 0 Å². The second-order valence-electron chi connectivity index (χ2n) is 4.37. The third kappa shape index (κ3) is 8.26. The first-order valence-corrected chi connectivity index (χ1v) is 5.47. The average Bonchev–Trinajstić information content (AvgIpc) is 1.98. The smallest absolute Gasteiger partial charge is 0.0168 e. The summed E-state index contributed by atoms with van der Waals surface area (Å²) in [5.41, 5.74) is 0. The van der Waals surface area contributed by atoms with Gasteiger partial charge in [-0.25, -0.2) is 0 Å². The maximum absolute atomic E-state index is 3.60. The Balaban J connectivity index is 3.46. The number of unbranched alkanes of at least 4 members (excludes halogenated alkanes) is 1. The molecule has 0 bridgehead atoms. The molecule has 0 aromatic rings. The second kappa shape index (κ2) is 7.34. The van der Waals surface area contributed by atoms with Crippen molar-refractivity contribution in [2.45, 2.75) is 52.1 Å². The Morgan fingerprint density at radius 3 is 2.23 bits per heavy atom. The summed E-state index contributed by atoms with van der Waals surface area (Å²) in [6.45, 7) is 7.90. The van der Waals surface area contributed by atoms with Crippen molar-refractivity contribution in [2.75, 3.05) is 20.6 Å². The lowest BCUT2D eigenvalue weighted by Crippen LogP contribution is -2.40. The monoisotopic (exact) mass is 186 g/mol. The Morgan fingerprint density at radius 1 is 1.15 bits per heavy atom. The molecule has 0 radical (unpaired) electrons. The van der Waals surface area contributed by atoms with Crippen molar-refractivity contribution < 1.29 is 0 Å². The van der Waals surface area contributed by atoms with Crippen LogP contribution in [-0.4, -0.2) is 37.6 Å². The Morgan fingerprint density at radius 2 is 1.77 bits per heavy atom. The highest BCUT2D eigenvalue weighted by Crippen LogP contribution is 2.00. The van der Waals surface area contributed by atoms with Crippen LogP contribution in [0.4, 0.5) is 0 Å². The summed E-state index contributed by atoms with van der Waals surface area (Å²) in [6, 6.07) is 1.26. The zero-order chi connectivity index (χ0) is 10.3. The number of nitrogens with one attached hydrogen (secondary N) is 1. The first kappa shape index (κ1) is 12.9. The van der Waals surface area contributed by atoms with E-state index in [1.165, 1.54) is 19.3 Å². The molecule has 2 nitrogen and oxygen atoms in total. The molecule has 13 heavy (non-hydrogen) atoms. The highest BCUT2D eigenvalue weighted by molar-refractivity contribution is 4.69. The molecule has 0 saturated heterocycles. The van der Waals surface area contributed by atoms with E-state index < -0.39 is 0 Å². The van der Waals surface area contributed by atoms with E-state index in [0.29, 0.717) is 12.1 Å². The maximum atomic E-state index is 3.60. The van der Waals surface area contributed by atoms with Crippen LogP contribution in [0, 0.1) is 0 Å². The molecular formula is C11H26N2. The van der Waals surface area contributed by atoms with Crippen LogP contribution < -0.4 is 5.32 Å². The summed E-state index contributed by atoms with van der Waals surface area (Å²) in [6.07, 6.45) is 3.94. The minimum absolute atomic E-state index is 0.599. The molecule has 2 heteroatoms. The Labute approximate surface area is 83.7 Å². The number of likely N-dealkylation sites (N-methyl/N-ethyl adjacent to an activating group) is 1. The number of hydrogen-bond donors (Lipinski definition) is 1. The molecule has 2 atom stereocenters. The van der Waals surface area contributed by atoms with Crippen LogP contribution >= 0.6 is 0 Å². The molecule has 0 rings (SSSR count).